The van der Waals surface area contributed by atoms with Gasteiger partial charge in [-0.05, 0) is 25.8 Å². The van der Waals surface area contributed by atoms with Crippen LogP contribution in [0.4, 0.5) is 5.69 Å². The molecule has 0 atom stereocenters. The van der Waals surface area contributed by atoms with E-state index in [-0.39, 0.29) is 0 Å². The number of anilines is 1. The van der Waals surface area contributed by atoms with Gasteiger partial charge < -0.3 is 0 Å². The van der Waals surface area contributed by atoms with Crippen LogP contribution in [0, 0.1) is 0 Å². The minimum Gasteiger partial charge on any atom is -0.280 e. The molecule has 1 aliphatic carbocycles. The summed E-state index contributed by atoms with van der Waals surface area (Å²) in [5, 5.41) is 0.359. The number of sulfonamides is 1. The molecule has 1 aromatic heterocycles. The van der Waals surface area contributed by atoms with Gasteiger partial charge in [-0.2, -0.15) is 0 Å². The van der Waals surface area contributed by atoms with Gasteiger partial charge in [0.25, 0.3) is 0 Å². The Labute approximate surface area is 93.7 Å². The van der Waals surface area contributed by atoms with E-state index >= 15 is 0 Å². The van der Waals surface area contributed by atoms with Gasteiger partial charge in [-0.1, -0.05) is 11.6 Å². The molecule has 1 aromatic rings. The Kier molecular flexibility index (Phi) is 2.39. The molecule has 1 N–H and O–H groups in total. The van der Waals surface area contributed by atoms with Crippen LogP contribution in [0.5, 0.6) is 0 Å². The van der Waals surface area contributed by atoms with Crippen molar-refractivity contribution in [2.24, 2.45) is 0 Å². The second kappa shape index (κ2) is 3.35. The van der Waals surface area contributed by atoms with E-state index in [4.69, 9.17) is 11.6 Å². The lowest BCUT2D eigenvalue weighted by Crippen LogP contribution is -2.26. The minimum absolute atomic E-state index is 0.340. The third kappa shape index (κ3) is 1.94. The van der Waals surface area contributed by atoms with Gasteiger partial charge in [-0.25, -0.2) is 8.42 Å². The van der Waals surface area contributed by atoms with Crippen molar-refractivity contribution in [3.05, 3.63) is 23.5 Å². The molecule has 2 rings (SSSR count). The van der Waals surface area contributed by atoms with Crippen molar-refractivity contribution in [1.82, 2.24) is 4.98 Å². The molecule has 0 unspecified atom stereocenters. The van der Waals surface area contributed by atoms with Gasteiger partial charge in [-0.15, -0.1) is 0 Å². The largest absolute Gasteiger partial charge is 0.280 e. The molecule has 0 amide bonds. The second-order valence-corrected chi connectivity index (χ2v) is 6.51. The Morgan fingerprint density at radius 1 is 1.53 bits per heavy atom. The van der Waals surface area contributed by atoms with Gasteiger partial charge in [0, 0.05) is 6.20 Å². The van der Waals surface area contributed by atoms with E-state index < -0.39 is 14.8 Å². The van der Waals surface area contributed by atoms with Crippen molar-refractivity contribution < 1.29 is 8.42 Å². The average Bonchev–Trinajstić information content (AvgIpc) is 2.89. The summed E-state index contributed by atoms with van der Waals surface area (Å²) in [4.78, 5) is 3.82. The molecule has 82 valence electrons. The first kappa shape index (κ1) is 10.7. The Morgan fingerprint density at radius 3 is 2.73 bits per heavy atom. The molecular formula is C9H11ClN2O2S. The highest BCUT2D eigenvalue weighted by atomic mass is 35.5. The van der Waals surface area contributed by atoms with E-state index in [2.05, 4.69) is 9.71 Å². The van der Waals surface area contributed by atoms with Crippen molar-refractivity contribution in [2.75, 3.05) is 4.72 Å². The fourth-order valence-corrected chi connectivity index (χ4v) is 2.71. The standard InChI is InChI=1S/C9H11ClN2O2S/c1-9(3-4-9)15(13,14)12-8-6-11-5-2-7(8)10/h2,5-6,12H,3-4H2,1H3. The summed E-state index contributed by atoms with van der Waals surface area (Å²) in [5.41, 5.74) is 0.340. The number of hydrogen-bond acceptors (Lipinski definition) is 3. The highest BCUT2D eigenvalue weighted by molar-refractivity contribution is 7.94. The van der Waals surface area contributed by atoms with Gasteiger partial charge in [0.05, 0.1) is 21.7 Å². The van der Waals surface area contributed by atoms with Crippen molar-refractivity contribution in [1.29, 1.82) is 0 Å². The third-order valence-corrected chi connectivity index (χ3v) is 5.14. The molecule has 4 nitrogen and oxygen atoms in total. The molecule has 1 heterocycles. The molecular weight excluding hydrogens is 236 g/mol. The van der Waals surface area contributed by atoms with Gasteiger partial charge in [-0.3, -0.25) is 9.71 Å². The number of nitrogens with one attached hydrogen (secondary N) is 1. The highest BCUT2D eigenvalue weighted by Crippen LogP contribution is 2.43. The predicted octanol–water partition coefficient (Wildman–Crippen LogP) is 2.03. The van der Waals surface area contributed by atoms with E-state index in [1.54, 1.807) is 13.0 Å². The Hall–Kier alpha value is -0.810. The first-order valence-corrected chi connectivity index (χ1v) is 6.43. The van der Waals surface area contributed by atoms with Crippen molar-refractivity contribution in [3.63, 3.8) is 0 Å². The predicted molar refractivity (Wildman–Crippen MR) is 59.4 cm³/mol. The zero-order chi connectivity index (χ0) is 11.1. The van der Waals surface area contributed by atoms with Gasteiger partial charge >= 0.3 is 0 Å². The Bertz CT molecular complexity index is 483. The summed E-state index contributed by atoms with van der Waals surface area (Å²) in [6.45, 7) is 1.72. The number of hydrogen-bond donors (Lipinski definition) is 1. The minimum atomic E-state index is -3.34. The lowest BCUT2D eigenvalue weighted by Gasteiger charge is -2.13. The Morgan fingerprint density at radius 2 is 2.20 bits per heavy atom. The summed E-state index contributed by atoms with van der Waals surface area (Å²) in [6.07, 6.45) is 4.31. The first-order valence-electron chi connectivity index (χ1n) is 4.56. The summed E-state index contributed by atoms with van der Waals surface area (Å²) in [5.74, 6) is 0. The smallest absolute Gasteiger partial charge is 0.238 e. The summed E-state index contributed by atoms with van der Waals surface area (Å²) >= 11 is 5.83. The maximum Gasteiger partial charge on any atom is 0.238 e. The van der Waals surface area contributed by atoms with E-state index in [1.807, 2.05) is 0 Å². The van der Waals surface area contributed by atoms with Crippen LogP contribution < -0.4 is 4.72 Å². The van der Waals surface area contributed by atoms with Crippen LogP contribution in [0.2, 0.25) is 5.02 Å². The highest BCUT2D eigenvalue weighted by Gasteiger charge is 2.50. The molecule has 0 bridgehead atoms. The zero-order valence-corrected chi connectivity index (χ0v) is 9.77. The zero-order valence-electron chi connectivity index (χ0n) is 8.20. The molecule has 15 heavy (non-hydrogen) atoms. The van der Waals surface area contributed by atoms with Gasteiger partial charge in [0.15, 0.2) is 0 Å². The third-order valence-electron chi connectivity index (χ3n) is 2.62. The van der Waals surface area contributed by atoms with Crippen LogP contribution in [0.1, 0.15) is 19.8 Å². The van der Waals surface area contributed by atoms with Crippen molar-refractivity contribution in [3.8, 4) is 0 Å². The lowest BCUT2D eigenvalue weighted by atomic mass is 10.4. The molecule has 0 saturated heterocycles. The topological polar surface area (TPSA) is 59.1 Å². The average molecular weight is 247 g/mol. The van der Waals surface area contributed by atoms with Gasteiger partial charge in [0.2, 0.25) is 10.0 Å². The van der Waals surface area contributed by atoms with E-state index in [9.17, 15) is 8.42 Å². The number of pyridine rings is 1. The van der Waals surface area contributed by atoms with E-state index in [0.29, 0.717) is 23.6 Å². The quantitative estimate of drug-likeness (QED) is 0.888. The SMILES string of the molecule is CC1(S(=O)(=O)Nc2cnccc2Cl)CC1. The van der Waals surface area contributed by atoms with Crippen LogP contribution in [-0.2, 0) is 10.0 Å². The molecule has 6 heteroatoms. The molecule has 1 fully saturated rings. The van der Waals surface area contributed by atoms with Gasteiger partial charge in [0.1, 0.15) is 0 Å². The van der Waals surface area contributed by atoms with Crippen molar-refractivity contribution >= 4 is 27.3 Å². The normalized spacial score (nSPS) is 18.5. The molecule has 1 aliphatic rings. The van der Waals surface area contributed by atoms with Crippen molar-refractivity contribution in [2.45, 2.75) is 24.5 Å². The van der Waals surface area contributed by atoms with Crippen LogP contribution in [0.15, 0.2) is 18.5 Å². The monoisotopic (exact) mass is 246 g/mol. The van der Waals surface area contributed by atoms with Crippen LogP contribution in [-0.4, -0.2) is 18.1 Å². The first-order chi connectivity index (χ1) is 6.95. The number of nitrogens with zero attached hydrogens (tertiary/aromatic N) is 1. The number of aromatic nitrogens is 1. The molecule has 1 saturated carbocycles. The fraction of sp³-hybridized carbons (Fsp3) is 0.444. The summed E-state index contributed by atoms with van der Waals surface area (Å²) in [7, 11) is -3.34. The molecule has 0 spiro atoms. The van der Waals surface area contributed by atoms with Crippen LogP contribution in [0.3, 0.4) is 0 Å². The number of halogens is 1. The molecule has 0 aromatic carbocycles. The van der Waals surface area contributed by atoms with Crippen LogP contribution >= 0.6 is 11.6 Å². The Balaban J connectivity index is 2.27. The summed E-state index contributed by atoms with van der Waals surface area (Å²) in [6, 6.07) is 1.55. The maximum atomic E-state index is 11.8. The fourth-order valence-electron chi connectivity index (χ4n) is 1.17. The maximum absolute atomic E-state index is 11.8. The number of rotatable bonds is 3. The van der Waals surface area contributed by atoms with E-state index in [1.165, 1.54) is 12.4 Å². The van der Waals surface area contributed by atoms with Crippen LogP contribution in [0.25, 0.3) is 0 Å². The second-order valence-electron chi connectivity index (χ2n) is 3.91. The van der Waals surface area contributed by atoms with E-state index in [0.717, 1.165) is 0 Å². The molecule has 0 aliphatic heterocycles. The lowest BCUT2D eigenvalue weighted by molar-refractivity contribution is 0.587. The summed E-state index contributed by atoms with van der Waals surface area (Å²) < 4.78 is 25.5. The molecule has 0 radical (unpaired) electrons.